The van der Waals surface area contributed by atoms with E-state index in [1.54, 1.807) is 0 Å². The van der Waals surface area contributed by atoms with Gasteiger partial charge in [0, 0.05) is 13.1 Å². The molecule has 0 bridgehead atoms. The molecule has 0 aromatic rings. The smallest absolute Gasteiger partial charge is 0.296 e. The molecule has 0 aliphatic carbocycles. The number of nitrogens with zero attached hydrogens (tertiary/aromatic N) is 1. The molecule has 1 saturated heterocycles. The van der Waals surface area contributed by atoms with Gasteiger partial charge in [-0.1, -0.05) is 0 Å². The van der Waals surface area contributed by atoms with Crippen molar-refractivity contribution in [1.82, 2.24) is 4.90 Å². The van der Waals surface area contributed by atoms with E-state index < -0.39 is 9.39 Å². The maximum atomic E-state index is 13.0. The standard InChI is InChI=1S/C6H8Br2FNO2/c7-6(8,9)5(11)10-1-3-12-4-2-10/h1-4H2. The maximum absolute atomic E-state index is 13.0. The summed E-state index contributed by atoms with van der Waals surface area (Å²) in [6.45, 7) is 1.84. The lowest BCUT2D eigenvalue weighted by atomic mass is 10.4. The third kappa shape index (κ3) is 2.67. The van der Waals surface area contributed by atoms with E-state index in [9.17, 15) is 9.18 Å². The fourth-order valence-electron chi connectivity index (χ4n) is 0.946. The number of hydrogen-bond donors (Lipinski definition) is 0. The number of carbonyl (C=O) groups excluding carboxylic acids is 1. The highest BCUT2D eigenvalue weighted by molar-refractivity contribution is 9.25. The van der Waals surface area contributed by atoms with E-state index in [0.717, 1.165) is 0 Å². The molecule has 70 valence electrons. The number of amides is 1. The first kappa shape index (κ1) is 10.4. The van der Waals surface area contributed by atoms with E-state index in [0.29, 0.717) is 26.3 Å². The second-order valence-corrected chi connectivity index (χ2v) is 5.65. The Bertz CT molecular complexity index is 177. The molecule has 0 saturated carbocycles. The number of morpholine rings is 1. The van der Waals surface area contributed by atoms with Gasteiger partial charge in [0.25, 0.3) is 9.39 Å². The topological polar surface area (TPSA) is 29.5 Å². The summed E-state index contributed by atoms with van der Waals surface area (Å²) in [6.07, 6.45) is 0. The van der Waals surface area contributed by atoms with Crippen LogP contribution in [0.5, 0.6) is 0 Å². The van der Waals surface area contributed by atoms with E-state index in [4.69, 9.17) is 4.74 Å². The lowest BCUT2D eigenvalue weighted by Crippen LogP contribution is -2.45. The quantitative estimate of drug-likeness (QED) is 0.683. The Hall–Kier alpha value is 0.320. The van der Waals surface area contributed by atoms with Crippen molar-refractivity contribution in [1.29, 1.82) is 0 Å². The van der Waals surface area contributed by atoms with Gasteiger partial charge in [-0.15, -0.1) is 0 Å². The third-order valence-electron chi connectivity index (χ3n) is 1.54. The van der Waals surface area contributed by atoms with Gasteiger partial charge < -0.3 is 9.64 Å². The van der Waals surface area contributed by atoms with E-state index >= 15 is 0 Å². The number of halogens is 3. The van der Waals surface area contributed by atoms with Gasteiger partial charge in [0.1, 0.15) is 0 Å². The Labute approximate surface area is 86.5 Å². The highest BCUT2D eigenvalue weighted by atomic mass is 79.9. The summed E-state index contributed by atoms with van der Waals surface area (Å²) in [4.78, 5) is 12.6. The minimum atomic E-state index is -2.13. The summed E-state index contributed by atoms with van der Waals surface area (Å²) < 4.78 is 15.9. The predicted octanol–water partition coefficient (Wildman–Crippen LogP) is 1.26. The van der Waals surface area contributed by atoms with Crippen LogP contribution in [0.1, 0.15) is 0 Å². The van der Waals surface area contributed by atoms with Crippen molar-refractivity contribution in [2.45, 2.75) is 3.49 Å². The summed E-state index contributed by atoms with van der Waals surface area (Å²) in [5.41, 5.74) is 0. The van der Waals surface area contributed by atoms with Crippen molar-refractivity contribution < 1.29 is 13.9 Å². The van der Waals surface area contributed by atoms with Crippen LogP contribution < -0.4 is 0 Å². The van der Waals surface area contributed by atoms with Crippen molar-refractivity contribution >= 4 is 37.8 Å². The number of hydrogen-bond acceptors (Lipinski definition) is 2. The van der Waals surface area contributed by atoms with Gasteiger partial charge in [0.2, 0.25) is 0 Å². The molecule has 0 unspecified atom stereocenters. The summed E-state index contributed by atoms with van der Waals surface area (Å²) in [6, 6.07) is 0. The number of alkyl halides is 3. The lowest BCUT2D eigenvalue weighted by Gasteiger charge is -2.28. The minimum Gasteiger partial charge on any atom is -0.378 e. The molecule has 6 heteroatoms. The Balaban J connectivity index is 2.51. The van der Waals surface area contributed by atoms with Gasteiger partial charge in [0.05, 0.1) is 13.2 Å². The monoisotopic (exact) mass is 303 g/mol. The van der Waals surface area contributed by atoms with Crippen molar-refractivity contribution in [2.75, 3.05) is 26.3 Å². The fourth-order valence-corrected chi connectivity index (χ4v) is 1.45. The molecule has 1 aliphatic heterocycles. The van der Waals surface area contributed by atoms with Crippen molar-refractivity contribution in [2.24, 2.45) is 0 Å². The van der Waals surface area contributed by atoms with Crippen LogP contribution in [0.4, 0.5) is 4.39 Å². The first-order valence-electron chi connectivity index (χ1n) is 3.45. The largest absolute Gasteiger partial charge is 0.378 e. The van der Waals surface area contributed by atoms with E-state index in [2.05, 4.69) is 31.9 Å². The normalized spacial score (nSPS) is 19.4. The zero-order valence-corrected chi connectivity index (χ0v) is 9.40. The van der Waals surface area contributed by atoms with Crippen molar-refractivity contribution in [3.8, 4) is 0 Å². The molecule has 1 amide bonds. The van der Waals surface area contributed by atoms with Gasteiger partial charge in [-0.3, -0.25) is 4.79 Å². The van der Waals surface area contributed by atoms with Crippen molar-refractivity contribution in [3.63, 3.8) is 0 Å². The molecule has 0 atom stereocenters. The Morgan fingerprint density at radius 2 is 1.92 bits per heavy atom. The van der Waals surface area contributed by atoms with Crippen LogP contribution in [-0.4, -0.2) is 40.6 Å². The van der Waals surface area contributed by atoms with E-state index in [1.807, 2.05) is 0 Å². The average molecular weight is 305 g/mol. The highest BCUT2D eigenvalue weighted by Crippen LogP contribution is 2.30. The molecule has 1 fully saturated rings. The van der Waals surface area contributed by atoms with Crippen LogP contribution in [0.2, 0.25) is 0 Å². The van der Waals surface area contributed by atoms with Crippen LogP contribution in [-0.2, 0) is 9.53 Å². The highest BCUT2D eigenvalue weighted by Gasteiger charge is 2.36. The van der Waals surface area contributed by atoms with Crippen molar-refractivity contribution in [3.05, 3.63) is 0 Å². The maximum Gasteiger partial charge on any atom is 0.296 e. The van der Waals surface area contributed by atoms with Gasteiger partial charge >= 0.3 is 0 Å². The summed E-state index contributed by atoms with van der Waals surface area (Å²) in [5, 5.41) is 0. The average Bonchev–Trinajstić information content (AvgIpc) is 2.03. The first-order valence-corrected chi connectivity index (χ1v) is 5.04. The number of rotatable bonds is 1. The second-order valence-electron chi connectivity index (χ2n) is 2.40. The fraction of sp³-hybridized carbons (Fsp3) is 0.833. The first-order chi connectivity index (χ1) is 5.52. The summed E-state index contributed by atoms with van der Waals surface area (Å²) in [7, 11) is 0. The SMILES string of the molecule is O=C(N1CCOCC1)C(F)(Br)Br. The third-order valence-corrected chi connectivity index (χ3v) is 2.22. The summed E-state index contributed by atoms with van der Waals surface area (Å²) in [5.74, 6) is -0.606. The molecular formula is C6H8Br2FNO2. The predicted molar refractivity (Wildman–Crippen MR) is 49.1 cm³/mol. The van der Waals surface area contributed by atoms with Gasteiger partial charge in [0.15, 0.2) is 0 Å². The van der Waals surface area contributed by atoms with Crippen LogP contribution in [0, 0.1) is 0 Å². The molecule has 1 rings (SSSR count). The Morgan fingerprint density at radius 1 is 1.42 bits per heavy atom. The molecule has 0 radical (unpaired) electrons. The van der Waals surface area contributed by atoms with Gasteiger partial charge in [-0.25, -0.2) is 4.39 Å². The summed E-state index contributed by atoms with van der Waals surface area (Å²) >= 11 is 5.19. The molecule has 12 heavy (non-hydrogen) atoms. The lowest BCUT2D eigenvalue weighted by molar-refractivity contribution is -0.138. The molecule has 0 aromatic carbocycles. The number of carbonyl (C=O) groups is 1. The molecule has 0 aromatic heterocycles. The number of ether oxygens (including phenoxy) is 1. The van der Waals surface area contributed by atoms with Gasteiger partial charge in [-0.2, -0.15) is 0 Å². The van der Waals surface area contributed by atoms with E-state index in [1.165, 1.54) is 4.90 Å². The molecular weight excluding hydrogens is 297 g/mol. The molecule has 3 nitrogen and oxygen atoms in total. The molecule has 0 spiro atoms. The zero-order chi connectivity index (χ0) is 9.19. The molecule has 1 aliphatic rings. The van der Waals surface area contributed by atoms with Crippen LogP contribution in [0.15, 0.2) is 0 Å². The van der Waals surface area contributed by atoms with Crippen LogP contribution >= 0.6 is 31.9 Å². The molecule has 1 heterocycles. The van der Waals surface area contributed by atoms with Gasteiger partial charge in [-0.05, 0) is 31.9 Å². The van der Waals surface area contributed by atoms with E-state index in [-0.39, 0.29) is 0 Å². The molecule has 0 N–H and O–H groups in total. The Morgan fingerprint density at radius 3 is 2.33 bits per heavy atom. The zero-order valence-electron chi connectivity index (χ0n) is 6.23. The van der Waals surface area contributed by atoms with Crippen LogP contribution in [0.25, 0.3) is 0 Å². The minimum absolute atomic E-state index is 0.446. The Kier molecular flexibility index (Phi) is 3.48. The van der Waals surface area contributed by atoms with Crippen LogP contribution in [0.3, 0.4) is 0 Å². The second kappa shape index (κ2) is 4.02.